The fraction of sp³-hybridized carbons (Fsp3) is 0.364. The molecule has 0 radical (unpaired) electrons. The second-order valence-electron chi connectivity index (χ2n) is 3.64. The molecular weight excluding hydrogens is 338 g/mol. The minimum Gasteiger partial charge on any atom is -0.348 e. The van der Waals surface area contributed by atoms with Crippen LogP contribution in [-0.2, 0) is 0 Å². The summed E-state index contributed by atoms with van der Waals surface area (Å²) in [6, 6.07) is 7.93. The average Bonchev–Trinajstić information content (AvgIpc) is 2.71. The maximum absolute atomic E-state index is 11.9. The van der Waals surface area contributed by atoms with Gasteiger partial charge in [-0.15, -0.1) is 12.4 Å². The summed E-state index contributed by atoms with van der Waals surface area (Å²) in [6.07, 6.45) is 1.02. The van der Waals surface area contributed by atoms with Crippen LogP contribution in [0.15, 0.2) is 24.3 Å². The van der Waals surface area contributed by atoms with Crippen LogP contribution in [0.1, 0.15) is 16.8 Å². The highest BCUT2D eigenvalue weighted by molar-refractivity contribution is 14.1. The van der Waals surface area contributed by atoms with Crippen LogP contribution in [0, 0.1) is 3.57 Å². The van der Waals surface area contributed by atoms with E-state index in [9.17, 15) is 4.79 Å². The van der Waals surface area contributed by atoms with E-state index in [1.165, 1.54) is 0 Å². The second-order valence-corrected chi connectivity index (χ2v) is 4.81. The molecule has 2 N–H and O–H groups in total. The van der Waals surface area contributed by atoms with Gasteiger partial charge in [0.15, 0.2) is 0 Å². The Kier molecular flexibility index (Phi) is 5.51. The first-order valence-electron chi connectivity index (χ1n) is 5.03. The molecule has 16 heavy (non-hydrogen) atoms. The normalized spacial score (nSPS) is 18.9. The molecule has 1 saturated heterocycles. The lowest BCUT2D eigenvalue weighted by Crippen LogP contribution is -2.36. The maximum atomic E-state index is 11.9. The molecule has 1 unspecified atom stereocenters. The molecular formula is C11H14ClIN2O. The third-order valence-corrected chi connectivity index (χ3v) is 3.45. The summed E-state index contributed by atoms with van der Waals surface area (Å²) in [7, 11) is 0. The molecule has 88 valence electrons. The van der Waals surface area contributed by atoms with Crippen molar-refractivity contribution in [3.63, 3.8) is 0 Å². The molecule has 2 rings (SSSR count). The van der Waals surface area contributed by atoms with Crippen LogP contribution in [0.4, 0.5) is 0 Å². The highest BCUT2D eigenvalue weighted by Gasteiger charge is 2.18. The van der Waals surface area contributed by atoms with Crippen LogP contribution in [0.3, 0.4) is 0 Å². The Morgan fingerprint density at radius 2 is 2.19 bits per heavy atom. The van der Waals surface area contributed by atoms with E-state index >= 15 is 0 Å². The summed E-state index contributed by atoms with van der Waals surface area (Å²) in [5, 5.41) is 6.26. The first-order chi connectivity index (χ1) is 7.27. The molecule has 1 atom stereocenters. The Bertz CT molecular complexity index is 367. The van der Waals surface area contributed by atoms with Crippen molar-refractivity contribution in [3.05, 3.63) is 33.4 Å². The van der Waals surface area contributed by atoms with Crippen molar-refractivity contribution in [3.8, 4) is 0 Å². The third kappa shape index (κ3) is 3.33. The van der Waals surface area contributed by atoms with Gasteiger partial charge in [0, 0.05) is 16.2 Å². The van der Waals surface area contributed by atoms with Crippen LogP contribution in [0.5, 0.6) is 0 Å². The monoisotopic (exact) mass is 352 g/mol. The molecule has 0 saturated carbocycles. The molecule has 0 bridgehead atoms. The van der Waals surface area contributed by atoms with Gasteiger partial charge in [-0.3, -0.25) is 4.79 Å². The van der Waals surface area contributed by atoms with Crippen LogP contribution < -0.4 is 10.6 Å². The number of benzene rings is 1. The molecule has 1 aliphatic rings. The second kappa shape index (κ2) is 6.42. The largest absolute Gasteiger partial charge is 0.348 e. The third-order valence-electron chi connectivity index (χ3n) is 2.51. The van der Waals surface area contributed by atoms with E-state index in [2.05, 4.69) is 33.2 Å². The molecule has 5 heteroatoms. The molecule has 1 aromatic carbocycles. The predicted octanol–water partition coefficient (Wildman–Crippen LogP) is 1.80. The number of carbonyl (C=O) groups is 1. The summed E-state index contributed by atoms with van der Waals surface area (Å²) in [5.41, 5.74) is 0.769. The Labute approximate surface area is 115 Å². The van der Waals surface area contributed by atoms with Gasteiger partial charge in [0.2, 0.25) is 0 Å². The number of halogens is 2. The minimum absolute atomic E-state index is 0. The summed E-state index contributed by atoms with van der Waals surface area (Å²) in [4.78, 5) is 11.9. The van der Waals surface area contributed by atoms with Gasteiger partial charge in [0.25, 0.3) is 5.91 Å². The highest BCUT2D eigenvalue weighted by atomic mass is 127. The lowest BCUT2D eigenvalue weighted by atomic mass is 10.2. The topological polar surface area (TPSA) is 41.1 Å². The molecule has 1 amide bonds. The maximum Gasteiger partial charge on any atom is 0.252 e. The first-order valence-corrected chi connectivity index (χ1v) is 6.11. The summed E-state index contributed by atoms with van der Waals surface area (Å²) >= 11 is 2.19. The van der Waals surface area contributed by atoms with E-state index in [1.54, 1.807) is 0 Å². The standard InChI is InChI=1S/C11H13IN2O.ClH/c12-10-4-2-1-3-9(10)11(15)14-8-5-6-13-7-8;/h1-4,8,13H,5-7H2,(H,14,15);1H. The van der Waals surface area contributed by atoms with Gasteiger partial charge in [-0.25, -0.2) is 0 Å². The van der Waals surface area contributed by atoms with Gasteiger partial charge in [-0.1, -0.05) is 12.1 Å². The molecule has 1 aromatic rings. The fourth-order valence-corrected chi connectivity index (χ4v) is 2.32. The first kappa shape index (κ1) is 13.7. The van der Waals surface area contributed by atoms with Crippen molar-refractivity contribution in [2.24, 2.45) is 0 Å². The van der Waals surface area contributed by atoms with Crippen LogP contribution in [0.2, 0.25) is 0 Å². The molecule has 1 fully saturated rings. The Hall–Kier alpha value is -0.330. The van der Waals surface area contributed by atoms with Gasteiger partial charge in [0.1, 0.15) is 0 Å². The van der Waals surface area contributed by atoms with E-state index in [0.29, 0.717) is 0 Å². The lowest BCUT2D eigenvalue weighted by Gasteiger charge is -2.11. The Morgan fingerprint density at radius 1 is 1.44 bits per heavy atom. The summed E-state index contributed by atoms with van der Waals surface area (Å²) in [6.45, 7) is 1.88. The number of hydrogen-bond acceptors (Lipinski definition) is 2. The molecule has 0 spiro atoms. The molecule has 3 nitrogen and oxygen atoms in total. The van der Waals surface area contributed by atoms with E-state index in [-0.39, 0.29) is 24.4 Å². The van der Waals surface area contributed by atoms with E-state index in [4.69, 9.17) is 0 Å². The van der Waals surface area contributed by atoms with Gasteiger partial charge >= 0.3 is 0 Å². The Morgan fingerprint density at radius 3 is 2.81 bits per heavy atom. The van der Waals surface area contributed by atoms with Crippen LogP contribution >= 0.6 is 35.0 Å². The summed E-state index contributed by atoms with van der Waals surface area (Å²) < 4.78 is 0.999. The molecule has 0 aliphatic carbocycles. The average molecular weight is 353 g/mol. The van der Waals surface area contributed by atoms with E-state index in [0.717, 1.165) is 28.6 Å². The van der Waals surface area contributed by atoms with Crippen LogP contribution in [-0.4, -0.2) is 25.0 Å². The number of rotatable bonds is 2. The van der Waals surface area contributed by atoms with Gasteiger partial charge in [-0.05, 0) is 47.7 Å². The number of nitrogens with one attached hydrogen (secondary N) is 2. The van der Waals surface area contributed by atoms with Gasteiger partial charge in [0.05, 0.1) is 5.56 Å². The van der Waals surface area contributed by atoms with Gasteiger partial charge in [-0.2, -0.15) is 0 Å². The Balaban J connectivity index is 0.00000128. The minimum atomic E-state index is 0. The van der Waals surface area contributed by atoms with Crippen LogP contribution in [0.25, 0.3) is 0 Å². The van der Waals surface area contributed by atoms with E-state index in [1.807, 2.05) is 24.3 Å². The number of amides is 1. The number of hydrogen-bond donors (Lipinski definition) is 2. The fourth-order valence-electron chi connectivity index (χ4n) is 1.69. The van der Waals surface area contributed by atoms with Crippen molar-refractivity contribution < 1.29 is 4.79 Å². The van der Waals surface area contributed by atoms with Gasteiger partial charge < -0.3 is 10.6 Å². The SMILES string of the molecule is Cl.O=C(NC1CCNC1)c1ccccc1I. The van der Waals surface area contributed by atoms with Crippen molar-refractivity contribution in [1.82, 2.24) is 10.6 Å². The molecule has 1 heterocycles. The van der Waals surface area contributed by atoms with Crippen molar-refractivity contribution in [2.75, 3.05) is 13.1 Å². The smallest absolute Gasteiger partial charge is 0.252 e. The number of carbonyl (C=O) groups excluding carboxylic acids is 1. The zero-order valence-electron chi connectivity index (χ0n) is 8.70. The lowest BCUT2D eigenvalue weighted by molar-refractivity contribution is 0.0939. The quantitative estimate of drug-likeness (QED) is 0.797. The molecule has 1 aliphatic heterocycles. The summed E-state index contributed by atoms with van der Waals surface area (Å²) in [5.74, 6) is 0.0358. The van der Waals surface area contributed by atoms with Crippen molar-refractivity contribution in [1.29, 1.82) is 0 Å². The zero-order chi connectivity index (χ0) is 10.7. The molecule has 0 aromatic heterocycles. The highest BCUT2D eigenvalue weighted by Crippen LogP contribution is 2.11. The zero-order valence-corrected chi connectivity index (χ0v) is 11.7. The van der Waals surface area contributed by atoms with E-state index < -0.39 is 0 Å². The predicted molar refractivity (Wildman–Crippen MR) is 75.1 cm³/mol. The van der Waals surface area contributed by atoms with Crippen molar-refractivity contribution >= 4 is 40.9 Å². The van der Waals surface area contributed by atoms with Crippen molar-refractivity contribution in [2.45, 2.75) is 12.5 Å².